The Morgan fingerprint density at radius 2 is 1.86 bits per heavy atom. The van der Waals surface area contributed by atoms with Crippen molar-refractivity contribution in [1.29, 1.82) is 0 Å². The van der Waals surface area contributed by atoms with Crippen LogP contribution in [0.3, 0.4) is 0 Å². The van der Waals surface area contributed by atoms with Gasteiger partial charge >= 0.3 is 5.69 Å². The topological polar surface area (TPSA) is 121 Å². The fraction of sp³-hybridized carbons (Fsp3) is 0.250. The van der Waals surface area contributed by atoms with E-state index in [4.69, 9.17) is 14.7 Å². The zero-order chi connectivity index (χ0) is 24.4. The number of methoxy groups -OCH3 is 1. The highest BCUT2D eigenvalue weighted by Gasteiger charge is 2.22. The van der Waals surface area contributed by atoms with Crippen LogP contribution in [0.4, 0.5) is 0 Å². The number of nitrogens with zero attached hydrogens (tertiary/aromatic N) is 6. The molecule has 5 aromatic rings. The molecule has 10 nitrogen and oxygen atoms in total. The van der Waals surface area contributed by atoms with E-state index in [1.54, 1.807) is 30.1 Å². The number of hydrogen-bond donors (Lipinski definition) is 1. The Morgan fingerprint density at radius 3 is 2.63 bits per heavy atom. The van der Waals surface area contributed by atoms with Crippen LogP contribution < -0.4 is 16.0 Å². The Labute approximate surface area is 203 Å². The molecule has 0 saturated carbocycles. The van der Waals surface area contributed by atoms with Gasteiger partial charge in [0.25, 0.3) is 5.56 Å². The van der Waals surface area contributed by atoms with Gasteiger partial charge in [-0.25, -0.2) is 24.7 Å². The highest BCUT2D eigenvalue weighted by Crippen LogP contribution is 2.30. The lowest BCUT2D eigenvalue weighted by atomic mass is 10.2. The number of aromatic amines is 1. The molecule has 4 heterocycles. The number of fused-ring (bicyclic) bond motifs is 1. The number of ether oxygens (including phenoxy) is 1. The van der Waals surface area contributed by atoms with Gasteiger partial charge in [-0.15, -0.1) is 11.3 Å². The van der Waals surface area contributed by atoms with E-state index in [1.807, 2.05) is 36.6 Å². The molecule has 1 N–H and O–H groups in total. The van der Waals surface area contributed by atoms with E-state index in [1.165, 1.54) is 15.9 Å². The first-order valence-corrected chi connectivity index (χ1v) is 12.1. The molecule has 0 unspecified atom stereocenters. The third kappa shape index (κ3) is 4.26. The van der Waals surface area contributed by atoms with Crippen LogP contribution in [-0.4, -0.2) is 41.2 Å². The molecule has 0 atom stereocenters. The number of unbranched alkanes of at least 4 members (excludes halogenated alkanes) is 1. The third-order valence-electron chi connectivity index (χ3n) is 5.63. The van der Waals surface area contributed by atoms with Gasteiger partial charge in [0.05, 0.1) is 13.7 Å². The molecule has 0 fully saturated rings. The minimum Gasteiger partial charge on any atom is -0.496 e. The number of aromatic nitrogens is 7. The largest absolute Gasteiger partial charge is 0.496 e. The molecule has 0 bridgehead atoms. The summed E-state index contributed by atoms with van der Waals surface area (Å²) in [6, 6.07) is 9.33. The summed E-state index contributed by atoms with van der Waals surface area (Å²) >= 11 is 1.39. The standard InChI is InChI=1S/C24H23N7O3S/c1-3-4-12-30-21-18(22(32)29-24(30)33)31(13-15-8-5-6-9-17(15)34-2)20(28-21)16-14-35-23(27-16)19-25-10-7-11-26-19/h5-11,14H,3-4,12-13H2,1-2H3,(H,29,32,33). The zero-order valence-corrected chi connectivity index (χ0v) is 20.1. The number of imidazole rings is 1. The lowest BCUT2D eigenvalue weighted by Crippen LogP contribution is -2.31. The molecule has 0 radical (unpaired) electrons. The SMILES string of the molecule is CCCCn1c(=O)[nH]c(=O)c2c1nc(-c1csc(-c3ncccn3)n1)n2Cc1ccccc1OC. The summed E-state index contributed by atoms with van der Waals surface area (Å²) in [4.78, 5) is 46.3. The normalized spacial score (nSPS) is 11.3. The molecule has 35 heavy (non-hydrogen) atoms. The van der Waals surface area contributed by atoms with Gasteiger partial charge in [0, 0.05) is 29.9 Å². The quantitative estimate of drug-likeness (QED) is 0.355. The monoisotopic (exact) mass is 489 g/mol. The Bertz CT molecular complexity index is 1600. The predicted octanol–water partition coefficient (Wildman–Crippen LogP) is 3.32. The van der Waals surface area contributed by atoms with Crippen molar-refractivity contribution >= 4 is 22.5 Å². The molecule has 0 aliphatic carbocycles. The van der Waals surface area contributed by atoms with Crippen LogP contribution in [0.2, 0.25) is 0 Å². The van der Waals surface area contributed by atoms with Gasteiger partial charge in [-0.1, -0.05) is 31.5 Å². The molecule has 5 rings (SSSR count). The number of rotatable bonds is 8. The fourth-order valence-electron chi connectivity index (χ4n) is 3.94. The third-order valence-corrected chi connectivity index (χ3v) is 6.47. The minimum atomic E-state index is -0.492. The number of para-hydroxylation sites is 1. The Kier molecular flexibility index (Phi) is 6.23. The van der Waals surface area contributed by atoms with E-state index in [2.05, 4.69) is 15.0 Å². The van der Waals surface area contributed by atoms with E-state index in [9.17, 15) is 9.59 Å². The van der Waals surface area contributed by atoms with Crippen molar-refractivity contribution < 1.29 is 4.74 Å². The summed E-state index contributed by atoms with van der Waals surface area (Å²) in [5, 5.41) is 2.49. The molecule has 178 valence electrons. The maximum atomic E-state index is 13.1. The van der Waals surface area contributed by atoms with Crippen LogP contribution in [-0.2, 0) is 13.1 Å². The summed E-state index contributed by atoms with van der Waals surface area (Å²) < 4.78 is 8.85. The van der Waals surface area contributed by atoms with Gasteiger partial charge in [-0.2, -0.15) is 0 Å². The molecule has 0 aliphatic rings. The molecule has 1 aromatic carbocycles. The average Bonchev–Trinajstić information content (AvgIpc) is 3.50. The Balaban J connectivity index is 1.74. The molecule has 11 heteroatoms. The van der Waals surface area contributed by atoms with Crippen molar-refractivity contribution in [3.63, 3.8) is 0 Å². The molecule has 0 aliphatic heterocycles. The molecule has 4 aromatic heterocycles. The van der Waals surface area contributed by atoms with Crippen molar-refractivity contribution in [2.24, 2.45) is 0 Å². The second-order valence-electron chi connectivity index (χ2n) is 7.88. The number of aryl methyl sites for hydroxylation is 1. The van der Waals surface area contributed by atoms with Crippen molar-refractivity contribution in [2.75, 3.05) is 7.11 Å². The lowest BCUT2D eigenvalue weighted by molar-refractivity contribution is 0.408. The summed E-state index contributed by atoms with van der Waals surface area (Å²) in [6.07, 6.45) is 4.99. The first-order chi connectivity index (χ1) is 17.1. The van der Waals surface area contributed by atoms with E-state index < -0.39 is 11.2 Å². The van der Waals surface area contributed by atoms with Crippen LogP contribution >= 0.6 is 11.3 Å². The number of nitrogens with one attached hydrogen (secondary N) is 1. The minimum absolute atomic E-state index is 0.305. The van der Waals surface area contributed by atoms with Gasteiger partial charge in [0.1, 0.15) is 11.4 Å². The molecular weight excluding hydrogens is 466 g/mol. The second-order valence-corrected chi connectivity index (χ2v) is 8.74. The van der Waals surface area contributed by atoms with Crippen LogP contribution in [0.25, 0.3) is 33.5 Å². The first kappa shape index (κ1) is 22.7. The van der Waals surface area contributed by atoms with E-state index in [0.717, 1.165) is 18.4 Å². The van der Waals surface area contributed by atoms with Gasteiger partial charge in [0.2, 0.25) is 0 Å². The first-order valence-electron chi connectivity index (χ1n) is 11.2. The highest BCUT2D eigenvalue weighted by molar-refractivity contribution is 7.13. The summed E-state index contributed by atoms with van der Waals surface area (Å²) in [6.45, 7) is 2.80. The van der Waals surface area contributed by atoms with Crippen LogP contribution in [0, 0.1) is 0 Å². The lowest BCUT2D eigenvalue weighted by Gasteiger charge is -2.11. The van der Waals surface area contributed by atoms with Crippen molar-refractivity contribution in [2.45, 2.75) is 32.9 Å². The maximum Gasteiger partial charge on any atom is 0.330 e. The fourth-order valence-corrected chi connectivity index (χ4v) is 4.68. The van der Waals surface area contributed by atoms with Crippen LogP contribution in [0.5, 0.6) is 5.75 Å². The van der Waals surface area contributed by atoms with Gasteiger partial charge in [-0.3, -0.25) is 14.3 Å². The predicted molar refractivity (Wildman–Crippen MR) is 134 cm³/mol. The number of thiazole rings is 1. The number of H-pyrrole nitrogens is 1. The number of benzene rings is 1. The highest BCUT2D eigenvalue weighted by atomic mass is 32.1. The molecule has 0 saturated heterocycles. The maximum absolute atomic E-state index is 13.1. The average molecular weight is 490 g/mol. The summed E-state index contributed by atoms with van der Waals surface area (Å²) in [5.74, 6) is 1.67. The summed E-state index contributed by atoms with van der Waals surface area (Å²) in [5.41, 5.74) is 1.12. The van der Waals surface area contributed by atoms with Gasteiger partial charge < -0.3 is 9.30 Å². The van der Waals surface area contributed by atoms with Crippen molar-refractivity contribution in [1.82, 2.24) is 34.1 Å². The second kappa shape index (κ2) is 9.63. The molecular formula is C24H23N7O3S. The Morgan fingerprint density at radius 1 is 1.06 bits per heavy atom. The van der Waals surface area contributed by atoms with E-state index in [0.29, 0.717) is 52.4 Å². The van der Waals surface area contributed by atoms with Crippen LogP contribution in [0.1, 0.15) is 25.3 Å². The van der Waals surface area contributed by atoms with E-state index >= 15 is 0 Å². The van der Waals surface area contributed by atoms with Crippen LogP contribution in [0.15, 0.2) is 57.7 Å². The van der Waals surface area contributed by atoms with Gasteiger partial charge in [-0.05, 0) is 18.6 Å². The van der Waals surface area contributed by atoms with Crippen molar-refractivity contribution in [3.05, 3.63) is 74.5 Å². The zero-order valence-electron chi connectivity index (χ0n) is 19.3. The Hall–Kier alpha value is -4.12. The smallest absolute Gasteiger partial charge is 0.330 e. The van der Waals surface area contributed by atoms with Crippen molar-refractivity contribution in [3.8, 4) is 28.1 Å². The van der Waals surface area contributed by atoms with E-state index in [-0.39, 0.29) is 0 Å². The van der Waals surface area contributed by atoms with Gasteiger partial charge in [0.15, 0.2) is 27.8 Å². The number of hydrogen-bond acceptors (Lipinski definition) is 8. The molecule has 0 amide bonds. The molecule has 0 spiro atoms. The summed E-state index contributed by atoms with van der Waals surface area (Å²) in [7, 11) is 1.60.